The summed E-state index contributed by atoms with van der Waals surface area (Å²) in [5.41, 5.74) is 0. The Bertz CT molecular complexity index is 1090. The van der Waals surface area contributed by atoms with Crippen molar-refractivity contribution in [3.8, 4) is 0 Å². The quantitative estimate of drug-likeness (QED) is 0.0261. The van der Waals surface area contributed by atoms with E-state index in [-0.39, 0.29) is 12.5 Å². The summed E-state index contributed by atoms with van der Waals surface area (Å²) in [5.74, 6) is -0.139. The molecule has 0 aliphatic carbocycles. The summed E-state index contributed by atoms with van der Waals surface area (Å²) in [4.78, 5) is 13.1. The number of nitrogens with one attached hydrogen (secondary N) is 1. The molecule has 0 spiro atoms. The molecule has 1 aliphatic heterocycles. The molecule has 1 fully saturated rings. The molecule has 1 rings (SSSR count). The van der Waals surface area contributed by atoms with E-state index in [1.165, 1.54) is 244 Å². The molecule has 0 aromatic rings. The highest BCUT2D eigenvalue weighted by atomic mass is 16.7. The number of aliphatic hydroxyl groups excluding tert-OH is 5. The van der Waals surface area contributed by atoms with Crippen molar-refractivity contribution in [2.75, 3.05) is 13.2 Å². The van der Waals surface area contributed by atoms with Gasteiger partial charge in [0.05, 0.1) is 25.4 Å². The second kappa shape index (κ2) is 50.5. The SMILES string of the molecule is CCCCCCCCCCCCCC/C=C\CCCCCCCCCCCCCCCCCCCC(=O)NC(COC1OC(CO)C(O)C(O)C1O)C(O)CCCCCCCCCCCCCCC. The zero-order valence-electron chi connectivity index (χ0n) is 45.6. The van der Waals surface area contributed by atoms with Crippen LogP contribution >= 0.6 is 0 Å². The molecule has 1 heterocycles. The summed E-state index contributed by atoms with van der Waals surface area (Å²) in [7, 11) is 0. The van der Waals surface area contributed by atoms with Crippen LogP contribution in [0.5, 0.6) is 0 Å². The summed E-state index contributed by atoms with van der Waals surface area (Å²) in [6, 6.07) is -0.714. The third-order valence-electron chi connectivity index (χ3n) is 14.9. The summed E-state index contributed by atoms with van der Waals surface area (Å²) in [5, 5.41) is 54.6. The fourth-order valence-corrected chi connectivity index (χ4v) is 10.0. The van der Waals surface area contributed by atoms with Crippen LogP contribution in [0, 0.1) is 0 Å². The van der Waals surface area contributed by atoms with Crippen LogP contribution in [0.3, 0.4) is 0 Å². The third-order valence-corrected chi connectivity index (χ3v) is 14.9. The molecule has 1 saturated heterocycles. The number of carbonyl (C=O) groups excluding carboxylic acids is 1. The maximum Gasteiger partial charge on any atom is 0.220 e. The topological polar surface area (TPSA) is 149 Å². The van der Waals surface area contributed by atoms with Crippen molar-refractivity contribution in [1.29, 1.82) is 0 Å². The number of hydrogen-bond donors (Lipinski definition) is 6. The van der Waals surface area contributed by atoms with E-state index >= 15 is 0 Å². The Labute approximate surface area is 426 Å². The Kier molecular flexibility index (Phi) is 48.2. The van der Waals surface area contributed by atoms with Crippen molar-refractivity contribution in [2.24, 2.45) is 0 Å². The molecule has 0 bridgehead atoms. The van der Waals surface area contributed by atoms with Gasteiger partial charge >= 0.3 is 0 Å². The van der Waals surface area contributed by atoms with E-state index < -0.39 is 49.5 Å². The number of unbranched alkanes of at least 4 members (excludes halogenated alkanes) is 41. The lowest BCUT2D eigenvalue weighted by atomic mass is 9.99. The Morgan fingerprint density at radius 3 is 1.17 bits per heavy atom. The summed E-state index contributed by atoms with van der Waals surface area (Å²) < 4.78 is 11.3. The van der Waals surface area contributed by atoms with Gasteiger partial charge in [-0.25, -0.2) is 0 Å². The first-order valence-electron chi connectivity index (χ1n) is 30.4. The maximum atomic E-state index is 13.1. The summed E-state index contributed by atoms with van der Waals surface area (Å²) in [6.07, 6.45) is 55.5. The van der Waals surface area contributed by atoms with Crippen molar-refractivity contribution in [1.82, 2.24) is 5.32 Å². The Hall–Kier alpha value is -1.07. The Morgan fingerprint density at radius 1 is 0.478 bits per heavy atom. The van der Waals surface area contributed by atoms with E-state index in [1.807, 2.05) is 0 Å². The van der Waals surface area contributed by atoms with Crippen molar-refractivity contribution in [3.05, 3.63) is 12.2 Å². The third kappa shape index (κ3) is 40.1. The molecular formula is C60H117NO8. The van der Waals surface area contributed by atoms with Crippen LogP contribution in [0.25, 0.3) is 0 Å². The highest BCUT2D eigenvalue weighted by Crippen LogP contribution is 2.23. The van der Waals surface area contributed by atoms with E-state index in [4.69, 9.17) is 9.47 Å². The fourth-order valence-electron chi connectivity index (χ4n) is 10.0. The van der Waals surface area contributed by atoms with Gasteiger partial charge in [0, 0.05) is 6.42 Å². The van der Waals surface area contributed by atoms with Gasteiger partial charge in [-0.3, -0.25) is 4.79 Å². The van der Waals surface area contributed by atoms with Crippen LogP contribution in [-0.2, 0) is 14.3 Å². The number of ether oxygens (including phenoxy) is 2. The molecule has 9 nitrogen and oxygen atoms in total. The minimum absolute atomic E-state index is 0.133. The number of hydrogen-bond acceptors (Lipinski definition) is 8. The molecule has 0 aromatic heterocycles. The number of aliphatic hydroxyl groups is 5. The second-order valence-corrected chi connectivity index (χ2v) is 21.5. The molecular weight excluding hydrogens is 863 g/mol. The van der Waals surface area contributed by atoms with Gasteiger partial charge < -0.3 is 40.3 Å². The number of rotatable bonds is 53. The molecule has 7 unspecified atom stereocenters. The van der Waals surface area contributed by atoms with E-state index in [1.54, 1.807) is 0 Å². The van der Waals surface area contributed by atoms with Gasteiger partial charge in [0.2, 0.25) is 5.91 Å². The molecule has 410 valence electrons. The van der Waals surface area contributed by atoms with Crippen LogP contribution in [0.4, 0.5) is 0 Å². The largest absolute Gasteiger partial charge is 0.394 e. The van der Waals surface area contributed by atoms with E-state index in [0.29, 0.717) is 12.8 Å². The molecule has 1 amide bonds. The fraction of sp³-hybridized carbons (Fsp3) is 0.950. The van der Waals surface area contributed by atoms with Crippen LogP contribution in [-0.4, -0.2) is 87.5 Å². The van der Waals surface area contributed by atoms with Crippen molar-refractivity contribution < 1.29 is 39.8 Å². The smallest absolute Gasteiger partial charge is 0.220 e. The lowest BCUT2D eigenvalue weighted by Crippen LogP contribution is -2.60. The number of amides is 1. The summed E-state index contributed by atoms with van der Waals surface area (Å²) in [6.45, 7) is 3.87. The maximum absolute atomic E-state index is 13.1. The van der Waals surface area contributed by atoms with Crippen molar-refractivity contribution in [2.45, 2.75) is 352 Å². The van der Waals surface area contributed by atoms with E-state index in [0.717, 1.165) is 38.5 Å². The second-order valence-electron chi connectivity index (χ2n) is 21.5. The van der Waals surface area contributed by atoms with Crippen molar-refractivity contribution in [3.63, 3.8) is 0 Å². The van der Waals surface area contributed by atoms with Crippen molar-refractivity contribution >= 4 is 5.91 Å². The number of carbonyl (C=O) groups is 1. The molecule has 69 heavy (non-hydrogen) atoms. The van der Waals surface area contributed by atoms with Gasteiger partial charge in [0.25, 0.3) is 0 Å². The van der Waals surface area contributed by atoms with Crippen LogP contribution in [0.2, 0.25) is 0 Å². The average Bonchev–Trinajstić information content (AvgIpc) is 3.35. The predicted octanol–water partition coefficient (Wildman–Crippen LogP) is 15.2. The zero-order valence-corrected chi connectivity index (χ0v) is 45.6. The monoisotopic (exact) mass is 980 g/mol. The van der Waals surface area contributed by atoms with Crippen LogP contribution in [0.15, 0.2) is 12.2 Å². The molecule has 7 atom stereocenters. The summed E-state index contributed by atoms with van der Waals surface area (Å²) >= 11 is 0. The first-order chi connectivity index (χ1) is 33.8. The standard InChI is InChI=1S/C60H117NO8/c1-3-5-7-9-11-13-15-17-18-19-20-21-22-23-24-25-26-27-28-29-30-31-32-33-34-35-36-38-40-42-44-46-48-50-56(64)61-53(52-68-60-59(67)58(66)57(65)55(51-62)69-60)54(63)49-47-45-43-41-39-37-16-14-12-10-8-6-4-2/h23-24,53-55,57-60,62-63,65-67H,3-22,25-52H2,1-2H3,(H,61,64)/b24-23-. The van der Waals surface area contributed by atoms with Crippen LogP contribution < -0.4 is 5.32 Å². The lowest BCUT2D eigenvalue weighted by Gasteiger charge is -2.40. The molecule has 1 aliphatic rings. The van der Waals surface area contributed by atoms with Gasteiger partial charge in [-0.2, -0.15) is 0 Å². The minimum atomic E-state index is -1.55. The first-order valence-corrected chi connectivity index (χ1v) is 30.4. The van der Waals surface area contributed by atoms with Crippen LogP contribution in [0.1, 0.15) is 309 Å². The Balaban J connectivity index is 2.07. The van der Waals surface area contributed by atoms with Gasteiger partial charge in [-0.1, -0.05) is 276 Å². The lowest BCUT2D eigenvalue weighted by molar-refractivity contribution is -0.302. The molecule has 6 N–H and O–H groups in total. The highest BCUT2D eigenvalue weighted by molar-refractivity contribution is 5.76. The average molecular weight is 981 g/mol. The highest BCUT2D eigenvalue weighted by Gasteiger charge is 2.44. The number of allylic oxidation sites excluding steroid dienone is 2. The predicted molar refractivity (Wildman–Crippen MR) is 291 cm³/mol. The normalized spacial score (nSPS) is 19.4. The first kappa shape index (κ1) is 65.9. The van der Waals surface area contributed by atoms with E-state index in [2.05, 4.69) is 31.3 Å². The van der Waals surface area contributed by atoms with Gasteiger partial charge in [0.15, 0.2) is 6.29 Å². The van der Waals surface area contributed by atoms with E-state index in [9.17, 15) is 30.3 Å². The van der Waals surface area contributed by atoms with Gasteiger partial charge in [-0.05, 0) is 38.5 Å². The Morgan fingerprint density at radius 2 is 0.812 bits per heavy atom. The molecule has 0 aromatic carbocycles. The molecule has 9 heteroatoms. The van der Waals surface area contributed by atoms with Gasteiger partial charge in [-0.15, -0.1) is 0 Å². The zero-order chi connectivity index (χ0) is 50.1. The van der Waals surface area contributed by atoms with Gasteiger partial charge in [0.1, 0.15) is 24.4 Å². The molecule has 0 saturated carbocycles. The molecule has 0 radical (unpaired) electrons. The minimum Gasteiger partial charge on any atom is -0.394 e.